The van der Waals surface area contributed by atoms with E-state index in [-0.39, 0.29) is 17.3 Å². The van der Waals surface area contributed by atoms with E-state index in [0.29, 0.717) is 44.4 Å². The summed E-state index contributed by atoms with van der Waals surface area (Å²) in [5.41, 5.74) is 9.25. The zero-order chi connectivity index (χ0) is 21.3. The van der Waals surface area contributed by atoms with Crippen molar-refractivity contribution in [3.63, 3.8) is 0 Å². The third kappa shape index (κ3) is 3.60. The molecule has 0 atom stereocenters. The number of nitrogens with two attached hydrogens (primary N) is 1. The van der Waals surface area contributed by atoms with Gasteiger partial charge in [0.1, 0.15) is 16.9 Å². The topological polar surface area (TPSA) is 98.2 Å². The van der Waals surface area contributed by atoms with Gasteiger partial charge in [-0.05, 0) is 29.8 Å². The van der Waals surface area contributed by atoms with E-state index >= 15 is 0 Å². The molecule has 0 aliphatic rings. The van der Waals surface area contributed by atoms with Gasteiger partial charge in [0.2, 0.25) is 0 Å². The molecule has 0 fully saturated rings. The second kappa shape index (κ2) is 8.14. The molecule has 0 aliphatic carbocycles. The van der Waals surface area contributed by atoms with Crippen molar-refractivity contribution in [3.8, 4) is 0 Å². The van der Waals surface area contributed by atoms with Crippen LogP contribution in [0.25, 0.3) is 22.2 Å². The molecule has 0 bridgehead atoms. The number of aromatic nitrogens is 3. The zero-order valence-corrected chi connectivity index (χ0v) is 17.2. The van der Waals surface area contributed by atoms with Crippen LogP contribution in [0.3, 0.4) is 0 Å². The van der Waals surface area contributed by atoms with Crippen LogP contribution in [0.5, 0.6) is 0 Å². The maximum absolute atomic E-state index is 12.7. The summed E-state index contributed by atoms with van der Waals surface area (Å²) < 4.78 is 1.39. The average molecular weight is 439 g/mol. The minimum absolute atomic E-state index is 0.123. The van der Waals surface area contributed by atoms with Gasteiger partial charge in [0.05, 0.1) is 27.3 Å². The van der Waals surface area contributed by atoms with Crippen LogP contribution < -0.4 is 11.1 Å². The summed E-state index contributed by atoms with van der Waals surface area (Å²) in [4.78, 5) is 22.0. The molecule has 0 aliphatic heterocycles. The minimum atomic E-state index is -0.384. The van der Waals surface area contributed by atoms with Crippen molar-refractivity contribution in [2.24, 2.45) is 5.10 Å². The molecule has 150 valence electrons. The predicted octanol–water partition coefficient (Wildman–Crippen LogP) is 4.27. The number of hydrogen-bond donors (Lipinski definition) is 2. The van der Waals surface area contributed by atoms with Crippen molar-refractivity contribution in [3.05, 3.63) is 76.3 Å². The SMILES string of the molecule is C=CCNC(=O)c1c(N)n(/N=C\c2ccc(Cl)c(Cl)c2)c2nc3ccccc3nc12. The molecule has 2 heterocycles. The van der Waals surface area contributed by atoms with Crippen LogP contribution in [0, 0.1) is 0 Å². The Morgan fingerprint density at radius 3 is 2.60 bits per heavy atom. The number of benzene rings is 2. The number of anilines is 1. The highest BCUT2D eigenvalue weighted by atomic mass is 35.5. The number of nitrogens with zero attached hydrogens (tertiary/aromatic N) is 4. The van der Waals surface area contributed by atoms with Crippen LogP contribution in [0.2, 0.25) is 10.0 Å². The second-order valence-electron chi connectivity index (χ2n) is 6.37. The largest absolute Gasteiger partial charge is 0.383 e. The van der Waals surface area contributed by atoms with Crippen molar-refractivity contribution in [2.75, 3.05) is 12.3 Å². The Morgan fingerprint density at radius 1 is 1.17 bits per heavy atom. The second-order valence-corrected chi connectivity index (χ2v) is 7.19. The average Bonchev–Trinajstić information content (AvgIpc) is 3.01. The lowest BCUT2D eigenvalue weighted by Gasteiger charge is -2.02. The Morgan fingerprint density at radius 2 is 1.90 bits per heavy atom. The van der Waals surface area contributed by atoms with Crippen molar-refractivity contribution < 1.29 is 4.79 Å². The molecular formula is C21H16Cl2N6O. The number of carbonyl (C=O) groups is 1. The number of nitrogen functional groups attached to an aromatic ring is 1. The highest BCUT2D eigenvalue weighted by molar-refractivity contribution is 6.42. The van der Waals surface area contributed by atoms with Crippen LogP contribution in [0.15, 0.2) is 60.2 Å². The van der Waals surface area contributed by atoms with Gasteiger partial charge in [-0.1, -0.05) is 47.5 Å². The van der Waals surface area contributed by atoms with Crippen LogP contribution in [-0.2, 0) is 0 Å². The highest BCUT2D eigenvalue weighted by Gasteiger charge is 2.23. The molecule has 0 saturated heterocycles. The fraction of sp³-hybridized carbons (Fsp3) is 0.0476. The number of para-hydroxylation sites is 2. The molecule has 3 N–H and O–H groups in total. The van der Waals surface area contributed by atoms with Crippen molar-refractivity contribution in [1.29, 1.82) is 0 Å². The Bertz CT molecular complexity index is 1330. The fourth-order valence-electron chi connectivity index (χ4n) is 2.96. The summed E-state index contributed by atoms with van der Waals surface area (Å²) >= 11 is 12.0. The fourth-order valence-corrected chi connectivity index (χ4v) is 3.27. The zero-order valence-electron chi connectivity index (χ0n) is 15.6. The number of nitrogens with one attached hydrogen (secondary N) is 1. The summed E-state index contributed by atoms with van der Waals surface area (Å²) in [5.74, 6) is -0.261. The van der Waals surface area contributed by atoms with Gasteiger partial charge in [0.25, 0.3) is 5.91 Å². The molecule has 0 unspecified atom stereocenters. The molecule has 1 amide bonds. The third-order valence-corrected chi connectivity index (χ3v) is 5.11. The number of rotatable bonds is 5. The molecule has 4 aromatic rings. The van der Waals surface area contributed by atoms with Crippen LogP contribution in [0.1, 0.15) is 15.9 Å². The van der Waals surface area contributed by atoms with Crippen LogP contribution >= 0.6 is 23.2 Å². The molecular weight excluding hydrogens is 423 g/mol. The molecule has 9 heteroatoms. The van der Waals surface area contributed by atoms with E-state index in [1.54, 1.807) is 30.5 Å². The van der Waals surface area contributed by atoms with E-state index < -0.39 is 0 Å². The van der Waals surface area contributed by atoms with E-state index in [1.165, 1.54) is 4.68 Å². The molecule has 0 saturated carbocycles. The predicted molar refractivity (Wildman–Crippen MR) is 121 cm³/mol. The number of carbonyl (C=O) groups excluding carboxylic acids is 1. The first-order valence-electron chi connectivity index (χ1n) is 8.94. The first-order valence-corrected chi connectivity index (χ1v) is 9.70. The first-order chi connectivity index (χ1) is 14.5. The standard InChI is InChI=1S/C21H16Cl2N6O/c1-2-9-25-21(30)17-18-20(28-16-6-4-3-5-15(16)27-18)29(19(17)24)26-11-12-7-8-13(22)14(23)10-12/h2-8,10-11H,1,9,24H2,(H,25,30)/b26-11-. The van der Waals surface area contributed by atoms with Gasteiger partial charge in [-0.15, -0.1) is 6.58 Å². The van der Waals surface area contributed by atoms with Gasteiger partial charge in [0, 0.05) is 6.54 Å². The highest BCUT2D eigenvalue weighted by Crippen LogP contribution is 2.28. The summed E-state index contributed by atoms with van der Waals surface area (Å²) in [7, 11) is 0. The van der Waals surface area contributed by atoms with Crippen LogP contribution in [-0.4, -0.2) is 33.3 Å². The van der Waals surface area contributed by atoms with Gasteiger partial charge in [-0.25, -0.2) is 9.97 Å². The quantitative estimate of drug-likeness (QED) is 0.358. The van der Waals surface area contributed by atoms with Gasteiger partial charge < -0.3 is 11.1 Å². The van der Waals surface area contributed by atoms with Gasteiger partial charge >= 0.3 is 0 Å². The summed E-state index contributed by atoms with van der Waals surface area (Å²) in [6.45, 7) is 3.90. The van der Waals surface area contributed by atoms with E-state index in [9.17, 15) is 4.79 Å². The number of hydrogen-bond acceptors (Lipinski definition) is 5. The lowest BCUT2D eigenvalue weighted by molar-refractivity contribution is 0.0960. The van der Waals surface area contributed by atoms with Gasteiger partial charge in [0.15, 0.2) is 5.65 Å². The number of fused-ring (bicyclic) bond motifs is 2. The van der Waals surface area contributed by atoms with E-state index in [0.717, 1.165) is 0 Å². The summed E-state index contributed by atoms with van der Waals surface area (Å²) in [6.07, 6.45) is 3.14. The molecule has 4 rings (SSSR count). The lowest BCUT2D eigenvalue weighted by atomic mass is 10.2. The van der Waals surface area contributed by atoms with Gasteiger partial charge in [-0.2, -0.15) is 9.78 Å². The third-order valence-electron chi connectivity index (χ3n) is 4.37. The first kappa shape index (κ1) is 19.9. The molecule has 2 aromatic carbocycles. The van der Waals surface area contributed by atoms with Gasteiger partial charge in [-0.3, -0.25) is 4.79 Å². The molecule has 2 aromatic heterocycles. The summed E-state index contributed by atoms with van der Waals surface area (Å²) in [6, 6.07) is 12.5. The normalized spacial score (nSPS) is 11.4. The Labute approximate surface area is 181 Å². The number of halogens is 2. The van der Waals surface area contributed by atoms with Crippen LogP contribution in [0.4, 0.5) is 5.82 Å². The molecule has 0 spiro atoms. The maximum atomic E-state index is 12.7. The lowest BCUT2D eigenvalue weighted by Crippen LogP contribution is -2.24. The van der Waals surface area contributed by atoms with Crippen molar-refractivity contribution in [1.82, 2.24) is 20.0 Å². The van der Waals surface area contributed by atoms with Crippen molar-refractivity contribution in [2.45, 2.75) is 0 Å². The number of amides is 1. The Balaban J connectivity index is 1.91. The van der Waals surface area contributed by atoms with Crippen molar-refractivity contribution >= 4 is 63.3 Å². The van der Waals surface area contributed by atoms with E-state index in [4.69, 9.17) is 28.9 Å². The molecule has 7 nitrogen and oxygen atoms in total. The van der Waals surface area contributed by atoms with E-state index in [1.807, 2.05) is 24.3 Å². The Kier molecular flexibility index (Phi) is 5.39. The monoisotopic (exact) mass is 438 g/mol. The Hall–Kier alpha value is -3.42. The van der Waals surface area contributed by atoms with E-state index in [2.05, 4.69) is 27.0 Å². The smallest absolute Gasteiger partial charge is 0.257 e. The molecule has 0 radical (unpaired) electrons. The summed E-state index contributed by atoms with van der Waals surface area (Å²) in [5, 5.41) is 8.00. The minimum Gasteiger partial charge on any atom is -0.383 e. The molecule has 30 heavy (non-hydrogen) atoms. The maximum Gasteiger partial charge on any atom is 0.257 e.